The standard InChI is InChI=1S/C20H18N2/c1-15-7-6-13-21-18(15)12-14-22-19-10-4-2-8-16(19)17-9-3-5-11-20(17)22/h2-11,13H,12,14H2,1H3. The van der Waals surface area contributed by atoms with Crippen LogP contribution in [-0.4, -0.2) is 9.55 Å². The molecule has 0 saturated carbocycles. The third kappa shape index (κ3) is 2.08. The van der Waals surface area contributed by atoms with Crippen molar-refractivity contribution < 1.29 is 0 Å². The Morgan fingerprint density at radius 3 is 2.09 bits per heavy atom. The van der Waals surface area contributed by atoms with E-state index in [1.165, 1.54) is 33.1 Å². The number of aryl methyl sites for hydroxylation is 3. The lowest BCUT2D eigenvalue weighted by Gasteiger charge is -2.08. The number of benzene rings is 2. The molecule has 108 valence electrons. The number of fused-ring (bicyclic) bond motifs is 3. The van der Waals surface area contributed by atoms with Gasteiger partial charge in [-0.2, -0.15) is 0 Å². The second kappa shape index (κ2) is 5.30. The summed E-state index contributed by atoms with van der Waals surface area (Å²) in [5.41, 5.74) is 5.06. The molecule has 0 unspecified atom stereocenters. The van der Waals surface area contributed by atoms with Gasteiger partial charge in [0.15, 0.2) is 0 Å². The van der Waals surface area contributed by atoms with Crippen LogP contribution in [0.1, 0.15) is 11.3 Å². The highest BCUT2D eigenvalue weighted by molar-refractivity contribution is 6.07. The second-order valence-electron chi connectivity index (χ2n) is 5.70. The van der Waals surface area contributed by atoms with Crippen LogP contribution in [0.2, 0.25) is 0 Å². The van der Waals surface area contributed by atoms with Crippen molar-refractivity contribution in [1.82, 2.24) is 9.55 Å². The van der Waals surface area contributed by atoms with E-state index in [1.54, 1.807) is 0 Å². The molecule has 2 aromatic carbocycles. The lowest BCUT2D eigenvalue weighted by atomic mass is 10.1. The first-order valence-electron chi connectivity index (χ1n) is 7.71. The van der Waals surface area contributed by atoms with Crippen molar-refractivity contribution >= 4 is 21.8 Å². The van der Waals surface area contributed by atoms with Crippen LogP contribution in [0.3, 0.4) is 0 Å². The van der Waals surface area contributed by atoms with Gasteiger partial charge in [-0.05, 0) is 30.7 Å². The number of pyridine rings is 1. The quantitative estimate of drug-likeness (QED) is 0.532. The number of para-hydroxylation sites is 2. The van der Waals surface area contributed by atoms with E-state index in [0.29, 0.717) is 0 Å². The Balaban J connectivity index is 1.81. The van der Waals surface area contributed by atoms with E-state index in [2.05, 4.69) is 71.1 Å². The Labute approximate surface area is 130 Å². The Morgan fingerprint density at radius 2 is 1.45 bits per heavy atom. The topological polar surface area (TPSA) is 17.8 Å². The Hall–Kier alpha value is -2.61. The smallest absolute Gasteiger partial charge is 0.0491 e. The molecule has 4 rings (SSSR count). The summed E-state index contributed by atoms with van der Waals surface area (Å²) in [6.07, 6.45) is 2.84. The van der Waals surface area contributed by atoms with E-state index in [1.807, 2.05) is 12.3 Å². The van der Waals surface area contributed by atoms with Crippen molar-refractivity contribution in [3.8, 4) is 0 Å². The van der Waals surface area contributed by atoms with Crippen LogP contribution in [0.15, 0.2) is 66.9 Å². The molecule has 4 aromatic rings. The molecular formula is C20H18N2. The van der Waals surface area contributed by atoms with Gasteiger partial charge in [0.25, 0.3) is 0 Å². The van der Waals surface area contributed by atoms with Crippen LogP contribution in [0.5, 0.6) is 0 Å². The molecule has 22 heavy (non-hydrogen) atoms. The molecule has 0 spiro atoms. The van der Waals surface area contributed by atoms with Crippen LogP contribution in [0.25, 0.3) is 21.8 Å². The molecule has 0 bridgehead atoms. The van der Waals surface area contributed by atoms with E-state index >= 15 is 0 Å². The van der Waals surface area contributed by atoms with Gasteiger partial charge in [0, 0.05) is 46.7 Å². The monoisotopic (exact) mass is 286 g/mol. The van der Waals surface area contributed by atoms with Gasteiger partial charge in [0.1, 0.15) is 0 Å². The fourth-order valence-electron chi connectivity index (χ4n) is 3.24. The summed E-state index contributed by atoms with van der Waals surface area (Å²) in [4.78, 5) is 4.52. The first-order chi connectivity index (χ1) is 10.8. The van der Waals surface area contributed by atoms with Crippen molar-refractivity contribution in [3.63, 3.8) is 0 Å². The molecule has 0 atom stereocenters. The zero-order valence-electron chi connectivity index (χ0n) is 12.7. The molecule has 2 aromatic heterocycles. The molecule has 0 N–H and O–H groups in total. The Bertz CT molecular complexity index is 897. The average molecular weight is 286 g/mol. The average Bonchev–Trinajstić information content (AvgIpc) is 2.89. The van der Waals surface area contributed by atoms with E-state index < -0.39 is 0 Å². The fourth-order valence-corrected chi connectivity index (χ4v) is 3.24. The molecule has 0 aliphatic heterocycles. The largest absolute Gasteiger partial charge is 0.340 e. The zero-order valence-corrected chi connectivity index (χ0v) is 12.7. The highest BCUT2D eigenvalue weighted by Crippen LogP contribution is 2.28. The van der Waals surface area contributed by atoms with Gasteiger partial charge in [0.05, 0.1) is 0 Å². The SMILES string of the molecule is Cc1cccnc1CCn1c2ccccc2c2ccccc21. The predicted molar refractivity (Wildman–Crippen MR) is 92.1 cm³/mol. The molecule has 0 aliphatic carbocycles. The summed E-state index contributed by atoms with van der Waals surface area (Å²) in [6, 6.07) is 21.4. The molecule has 0 amide bonds. The van der Waals surface area contributed by atoms with Crippen LogP contribution in [-0.2, 0) is 13.0 Å². The summed E-state index contributed by atoms with van der Waals surface area (Å²) in [6.45, 7) is 3.08. The van der Waals surface area contributed by atoms with Gasteiger partial charge in [0.2, 0.25) is 0 Å². The first-order valence-corrected chi connectivity index (χ1v) is 7.71. The van der Waals surface area contributed by atoms with Crippen LogP contribution in [0, 0.1) is 6.92 Å². The summed E-state index contributed by atoms with van der Waals surface area (Å²) in [5.74, 6) is 0. The molecule has 0 saturated heterocycles. The van der Waals surface area contributed by atoms with E-state index in [0.717, 1.165) is 13.0 Å². The second-order valence-corrected chi connectivity index (χ2v) is 5.70. The number of nitrogens with zero attached hydrogens (tertiary/aromatic N) is 2. The van der Waals surface area contributed by atoms with Crippen LogP contribution >= 0.6 is 0 Å². The van der Waals surface area contributed by atoms with Gasteiger partial charge >= 0.3 is 0 Å². The van der Waals surface area contributed by atoms with E-state index in [4.69, 9.17) is 0 Å². The summed E-state index contributed by atoms with van der Waals surface area (Å²) in [7, 11) is 0. The minimum Gasteiger partial charge on any atom is -0.340 e. The highest BCUT2D eigenvalue weighted by Gasteiger charge is 2.10. The molecule has 0 fully saturated rings. The van der Waals surface area contributed by atoms with Gasteiger partial charge in [-0.3, -0.25) is 4.98 Å². The molecule has 2 heteroatoms. The lowest BCUT2D eigenvalue weighted by molar-refractivity contribution is 0.726. The summed E-state index contributed by atoms with van der Waals surface area (Å²) < 4.78 is 2.42. The van der Waals surface area contributed by atoms with Gasteiger partial charge < -0.3 is 4.57 Å². The van der Waals surface area contributed by atoms with E-state index in [-0.39, 0.29) is 0 Å². The number of rotatable bonds is 3. The molecule has 0 radical (unpaired) electrons. The lowest BCUT2D eigenvalue weighted by Crippen LogP contribution is -2.03. The predicted octanol–water partition coefficient (Wildman–Crippen LogP) is 4.74. The van der Waals surface area contributed by atoms with Crippen LogP contribution < -0.4 is 0 Å². The van der Waals surface area contributed by atoms with Crippen molar-refractivity contribution in [2.75, 3.05) is 0 Å². The summed E-state index contributed by atoms with van der Waals surface area (Å²) in [5, 5.41) is 2.66. The van der Waals surface area contributed by atoms with Crippen molar-refractivity contribution in [2.24, 2.45) is 0 Å². The fraction of sp³-hybridized carbons (Fsp3) is 0.150. The highest BCUT2D eigenvalue weighted by atomic mass is 15.0. The van der Waals surface area contributed by atoms with Crippen molar-refractivity contribution in [3.05, 3.63) is 78.1 Å². The maximum Gasteiger partial charge on any atom is 0.0491 e. The van der Waals surface area contributed by atoms with Crippen LogP contribution in [0.4, 0.5) is 0 Å². The molecule has 2 heterocycles. The zero-order chi connectivity index (χ0) is 14.9. The normalized spacial score (nSPS) is 11.3. The summed E-state index contributed by atoms with van der Waals surface area (Å²) >= 11 is 0. The molecule has 0 aliphatic rings. The van der Waals surface area contributed by atoms with Crippen molar-refractivity contribution in [2.45, 2.75) is 19.9 Å². The minimum absolute atomic E-state index is 0.950. The number of aromatic nitrogens is 2. The van der Waals surface area contributed by atoms with Crippen molar-refractivity contribution in [1.29, 1.82) is 0 Å². The van der Waals surface area contributed by atoms with Gasteiger partial charge in [-0.15, -0.1) is 0 Å². The molecule has 2 nitrogen and oxygen atoms in total. The third-order valence-corrected chi connectivity index (χ3v) is 4.37. The Kier molecular flexibility index (Phi) is 3.15. The third-order valence-electron chi connectivity index (χ3n) is 4.37. The molecular weight excluding hydrogens is 268 g/mol. The maximum atomic E-state index is 4.52. The minimum atomic E-state index is 0.950. The first kappa shape index (κ1) is 13.1. The van der Waals surface area contributed by atoms with Gasteiger partial charge in [-0.1, -0.05) is 42.5 Å². The maximum absolute atomic E-state index is 4.52. The van der Waals surface area contributed by atoms with Gasteiger partial charge in [-0.25, -0.2) is 0 Å². The van der Waals surface area contributed by atoms with E-state index in [9.17, 15) is 0 Å². The number of hydrogen-bond acceptors (Lipinski definition) is 1. The number of hydrogen-bond donors (Lipinski definition) is 0. The Morgan fingerprint density at radius 1 is 0.818 bits per heavy atom.